The minimum Gasteiger partial charge on any atom is -0.380 e. The lowest BCUT2D eigenvalue weighted by atomic mass is 9.94. The van der Waals surface area contributed by atoms with E-state index in [1.54, 1.807) is 42.5 Å². The van der Waals surface area contributed by atoms with E-state index in [9.17, 15) is 18.7 Å². The molecule has 0 saturated carbocycles. The summed E-state index contributed by atoms with van der Waals surface area (Å²) in [5.74, 6) is -3.20. The lowest BCUT2D eigenvalue weighted by Crippen LogP contribution is -2.15. The van der Waals surface area contributed by atoms with Gasteiger partial charge < -0.3 is 5.11 Å². The van der Waals surface area contributed by atoms with E-state index in [-0.39, 0.29) is 5.56 Å². The first kappa shape index (κ1) is 18.0. The summed E-state index contributed by atoms with van der Waals surface area (Å²) in [4.78, 5) is 12.4. The monoisotopic (exact) mass is 352 g/mol. The van der Waals surface area contributed by atoms with Crippen molar-refractivity contribution < 1.29 is 18.7 Å². The molecular weight excluding hydrogens is 334 g/mol. The number of aliphatic hydroxyl groups is 1. The maximum atomic E-state index is 14.7. The van der Waals surface area contributed by atoms with Crippen LogP contribution in [0.3, 0.4) is 0 Å². The summed E-state index contributed by atoms with van der Waals surface area (Å²) in [5.41, 5.74) is 1.45. The number of halogens is 2. The van der Waals surface area contributed by atoms with Gasteiger partial charge in [0.25, 0.3) is 0 Å². The van der Waals surface area contributed by atoms with Gasteiger partial charge in [0.1, 0.15) is 6.10 Å². The van der Waals surface area contributed by atoms with Crippen LogP contribution in [0.1, 0.15) is 34.5 Å². The van der Waals surface area contributed by atoms with Gasteiger partial charge in [-0.1, -0.05) is 67.6 Å². The fraction of sp³-hybridized carbons (Fsp3) is 0.136. The molecule has 0 saturated heterocycles. The van der Waals surface area contributed by atoms with E-state index in [0.29, 0.717) is 17.5 Å². The number of aryl methyl sites for hydroxylation is 1. The minimum absolute atomic E-state index is 0.103. The second-order valence-corrected chi connectivity index (χ2v) is 5.98. The molecule has 0 aliphatic rings. The highest BCUT2D eigenvalue weighted by atomic mass is 19.2. The van der Waals surface area contributed by atoms with Gasteiger partial charge in [-0.25, -0.2) is 8.78 Å². The van der Waals surface area contributed by atoms with Crippen LogP contribution in [0.15, 0.2) is 66.7 Å². The fourth-order valence-electron chi connectivity index (χ4n) is 2.97. The third kappa shape index (κ3) is 3.28. The number of rotatable bonds is 5. The lowest BCUT2D eigenvalue weighted by molar-refractivity contribution is 0.0742. The summed E-state index contributed by atoms with van der Waals surface area (Å²) in [6.07, 6.45) is -0.871. The average Bonchev–Trinajstić information content (AvgIpc) is 2.69. The van der Waals surface area contributed by atoms with Crippen LogP contribution in [0, 0.1) is 11.6 Å². The minimum atomic E-state index is -1.54. The van der Waals surface area contributed by atoms with E-state index in [1.165, 1.54) is 12.1 Å². The second kappa shape index (κ2) is 7.58. The SMILES string of the molecule is CCc1ccccc1-c1ccc(C(=O)C(O)c2ccccc2)c(F)c1F. The van der Waals surface area contributed by atoms with Gasteiger partial charge in [-0.05, 0) is 29.2 Å². The first-order valence-electron chi connectivity index (χ1n) is 8.38. The van der Waals surface area contributed by atoms with Gasteiger partial charge in [-0.2, -0.15) is 0 Å². The molecule has 3 aromatic rings. The van der Waals surface area contributed by atoms with E-state index >= 15 is 0 Å². The van der Waals surface area contributed by atoms with Crippen molar-refractivity contribution in [3.63, 3.8) is 0 Å². The first-order valence-corrected chi connectivity index (χ1v) is 8.38. The van der Waals surface area contributed by atoms with Crippen molar-refractivity contribution in [2.75, 3.05) is 0 Å². The highest BCUT2D eigenvalue weighted by Gasteiger charge is 2.25. The number of aliphatic hydroxyl groups excluding tert-OH is 1. The van der Waals surface area contributed by atoms with Crippen LogP contribution in [0.25, 0.3) is 11.1 Å². The topological polar surface area (TPSA) is 37.3 Å². The summed E-state index contributed by atoms with van der Waals surface area (Å²) in [6, 6.07) is 18.0. The number of benzene rings is 3. The number of carbonyl (C=O) groups is 1. The molecule has 26 heavy (non-hydrogen) atoms. The van der Waals surface area contributed by atoms with Crippen LogP contribution in [0.5, 0.6) is 0 Å². The Labute approximate surface area is 150 Å². The molecule has 0 radical (unpaired) electrons. The van der Waals surface area contributed by atoms with Gasteiger partial charge in [-0.15, -0.1) is 0 Å². The third-order valence-corrected chi connectivity index (χ3v) is 4.40. The van der Waals surface area contributed by atoms with E-state index < -0.39 is 29.1 Å². The smallest absolute Gasteiger partial charge is 0.198 e. The number of carbonyl (C=O) groups excluding carboxylic acids is 1. The number of hydrogen-bond donors (Lipinski definition) is 1. The van der Waals surface area contributed by atoms with Crippen LogP contribution in [0.2, 0.25) is 0 Å². The van der Waals surface area contributed by atoms with Crippen molar-refractivity contribution >= 4 is 5.78 Å². The predicted molar refractivity (Wildman–Crippen MR) is 96.9 cm³/mol. The zero-order valence-corrected chi connectivity index (χ0v) is 14.2. The lowest BCUT2D eigenvalue weighted by Gasteiger charge is -2.14. The Hall–Kier alpha value is -2.85. The Morgan fingerprint density at radius 1 is 0.885 bits per heavy atom. The zero-order chi connectivity index (χ0) is 18.7. The third-order valence-electron chi connectivity index (χ3n) is 4.40. The van der Waals surface area contributed by atoms with Crippen molar-refractivity contribution in [2.24, 2.45) is 0 Å². The standard InChI is InChI=1S/C22H18F2O2/c1-2-14-8-6-7-11-16(14)17-12-13-18(20(24)19(17)23)22(26)21(25)15-9-4-3-5-10-15/h3-13,21,25H,2H2,1H3. The van der Waals surface area contributed by atoms with Crippen LogP contribution in [0.4, 0.5) is 8.78 Å². The summed E-state index contributed by atoms with van der Waals surface area (Å²) in [7, 11) is 0. The summed E-state index contributed by atoms with van der Waals surface area (Å²) >= 11 is 0. The molecule has 0 bridgehead atoms. The molecule has 3 aromatic carbocycles. The Bertz CT molecular complexity index is 936. The normalized spacial score (nSPS) is 12.0. The molecule has 1 N–H and O–H groups in total. The molecule has 0 heterocycles. The Kier molecular flexibility index (Phi) is 5.24. The molecule has 0 amide bonds. The van der Waals surface area contributed by atoms with Crippen LogP contribution >= 0.6 is 0 Å². The zero-order valence-electron chi connectivity index (χ0n) is 14.2. The molecule has 1 atom stereocenters. The molecule has 3 rings (SSSR count). The quantitative estimate of drug-likeness (QED) is 0.648. The van der Waals surface area contributed by atoms with E-state index in [0.717, 1.165) is 5.56 Å². The Balaban J connectivity index is 2.01. The summed E-state index contributed by atoms with van der Waals surface area (Å²) < 4.78 is 29.3. The second-order valence-electron chi connectivity index (χ2n) is 5.98. The van der Waals surface area contributed by atoms with E-state index in [2.05, 4.69) is 0 Å². The highest BCUT2D eigenvalue weighted by molar-refractivity contribution is 6.00. The average molecular weight is 352 g/mol. The van der Waals surface area contributed by atoms with E-state index in [4.69, 9.17) is 0 Å². The van der Waals surface area contributed by atoms with Crippen molar-refractivity contribution in [1.29, 1.82) is 0 Å². The van der Waals surface area contributed by atoms with Crippen molar-refractivity contribution in [3.8, 4) is 11.1 Å². The molecular formula is C22H18F2O2. The van der Waals surface area contributed by atoms with E-state index in [1.807, 2.05) is 19.1 Å². The maximum Gasteiger partial charge on any atom is 0.198 e. The number of hydrogen-bond acceptors (Lipinski definition) is 2. The van der Waals surface area contributed by atoms with Gasteiger partial charge >= 0.3 is 0 Å². The van der Waals surface area contributed by atoms with Gasteiger partial charge in [0, 0.05) is 5.56 Å². The first-order chi connectivity index (χ1) is 12.5. The highest BCUT2D eigenvalue weighted by Crippen LogP contribution is 2.31. The largest absolute Gasteiger partial charge is 0.380 e. The molecule has 4 heteroatoms. The van der Waals surface area contributed by atoms with Crippen molar-refractivity contribution in [3.05, 3.63) is 95.1 Å². The van der Waals surface area contributed by atoms with Crippen molar-refractivity contribution in [2.45, 2.75) is 19.4 Å². The molecule has 0 spiro atoms. The van der Waals surface area contributed by atoms with Gasteiger partial charge in [0.15, 0.2) is 17.4 Å². The van der Waals surface area contributed by atoms with Crippen molar-refractivity contribution in [1.82, 2.24) is 0 Å². The van der Waals surface area contributed by atoms with Crippen LogP contribution in [-0.4, -0.2) is 10.9 Å². The number of ketones is 1. The predicted octanol–water partition coefficient (Wildman–Crippen LogP) is 5.11. The molecule has 1 unspecified atom stereocenters. The molecule has 132 valence electrons. The number of Topliss-reactive ketones (excluding diaryl/α,β-unsaturated/α-hetero) is 1. The maximum absolute atomic E-state index is 14.7. The molecule has 0 aliphatic carbocycles. The molecule has 0 aromatic heterocycles. The fourth-order valence-corrected chi connectivity index (χ4v) is 2.97. The Morgan fingerprint density at radius 2 is 1.54 bits per heavy atom. The van der Waals surface area contributed by atoms with Crippen LogP contribution in [-0.2, 0) is 6.42 Å². The van der Waals surface area contributed by atoms with Crippen LogP contribution < -0.4 is 0 Å². The Morgan fingerprint density at radius 3 is 2.23 bits per heavy atom. The van der Waals surface area contributed by atoms with Gasteiger partial charge in [0.05, 0.1) is 5.56 Å². The molecule has 2 nitrogen and oxygen atoms in total. The molecule has 0 fully saturated rings. The van der Waals surface area contributed by atoms with Gasteiger partial charge in [0.2, 0.25) is 0 Å². The summed E-state index contributed by atoms with van der Waals surface area (Å²) in [5, 5.41) is 10.2. The molecule has 0 aliphatic heterocycles. The van der Waals surface area contributed by atoms with Gasteiger partial charge in [-0.3, -0.25) is 4.79 Å². The summed E-state index contributed by atoms with van der Waals surface area (Å²) in [6.45, 7) is 1.93.